The SMILES string of the molecule is CCOC(=O)C(Br)Cc1cc(Cl)c(C)cc1Br. The lowest BCUT2D eigenvalue weighted by Gasteiger charge is -2.11. The van der Waals surface area contributed by atoms with Crippen molar-refractivity contribution in [2.24, 2.45) is 0 Å². The maximum atomic E-state index is 11.5. The third kappa shape index (κ3) is 4.27. The first kappa shape index (κ1) is 15.0. The summed E-state index contributed by atoms with van der Waals surface area (Å²) in [4.78, 5) is 11.1. The molecule has 0 aliphatic heterocycles. The summed E-state index contributed by atoms with van der Waals surface area (Å²) in [5, 5.41) is 0.701. The second kappa shape index (κ2) is 6.76. The molecule has 0 bridgehead atoms. The van der Waals surface area contributed by atoms with Gasteiger partial charge >= 0.3 is 5.97 Å². The lowest BCUT2D eigenvalue weighted by atomic mass is 10.1. The lowest BCUT2D eigenvalue weighted by molar-refractivity contribution is -0.142. The highest BCUT2D eigenvalue weighted by atomic mass is 79.9. The molecule has 1 rings (SSSR count). The van der Waals surface area contributed by atoms with E-state index in [1.807, 2.05) is 19.1 Å². The largest absolute Gasteiger partial charge is 0.465 e. The number of carbonyl (C=O) groups is 1. The van der Waals surface area contributed by atoms with Gasteiger partial charge in [0.25, 0.3) is 0 Å². The van der Waals surface area contributed by atoms with Crippen LogP contribution in [-0.4, -0.2) is 17.4 Å². The zero-order chi connectivity index (χ0) is 13.0. The second-order valence-corrected chi connectivity index (χ2v) is 5.98. The average molecular weight is 384 g/mol. The number of benzene rings is 1. The molecule has 0 saturated carbocycles. The van der Waals surface area contributed by atoms with Gasteiger partial charge in [-0.25, -0.2) is 0 Å². The Balaban J connectivity index is 2.81. The minimum absolute atomic E-state index is 0.254. The molecule has 17 heavy (non-hydrogen) atoms. The first-order chi connectivity index (χ1) is 7.95. The van der Waals surface area contributed by atoms with E-state index in [2.05, 4.69) is 31.9 Å². The van der Waals surface area contributed by atoms with Crippen LogP contribution >= 0.6 is 43.5 Å². The van der Waals surface area contributed by atoms with Crippen molar-refractivity contribution >= 4 is 49.4 Å². The molecule has 0 heterocycles. The fourth-order valence-electron chi connectivity index (χ4n) is 1.35. The van der Waals surface area contributed by atoms with Gasteiger partial charge in [-0.3, -0.25) is 4.79 Å². The minimum atomic E-state index is -0.350. The predicted molar refractivity (Wildman–Crippen MR) is 76.9 cm³/mol. The van der Waals surface area contributed by atoms with Crippen LogP contribution in [0.2, 0.25) is 5.02 Å². The fraction of sp³-hybridized carbons (Fsp3) is 0.417. The molecule has 1 atom stereocenters. The van der Waals surface area contributed by atoms with Gasteiger partial charge in [0.15, 0.2) is 0 Å². The van der Waals surface area contributed by atoms with Gasteiger partial charge in [-0.1, -0.05) is 43.5 Å². The third-order valence-corrected chi connectivity index (χ3v) is 4.11. The molecule has 1 aromatic rings. The van der Waals surface area contributed by atoms with Crippen LogP contribution < -0.4 is 0 Å². The number of hydrogen-bond acceptors (Lipinski definition) is 2. The fourth-order valence-corrected chi connectivity index (χ4v) is 2.64. The molecule has 5 heteroatoms. The van der Waals surface area contributed by atoms with Crippen LogP contribution in [0, 0.1) is 6.92 Å². The molecule has 2 nitrogen and oxygen atoms in total. The van der Waals surface area contributed by atoms with E-state index in [1.54, 1.807) is 6.92 Å². The highest BCUT2D eigenvalue weighted by Gasteiger charge is 2.18. The highest BCUT2D eigenvalue weighted by Crippen LogP contribution is 2.27. The molecule has 0 aliphatic rings. The Morgan fingerprint density at radius 2 is 2.18 bits per heavy atom. The Morgan fingerprint density at radius 1 is 1.53 bits per heavy atom. The molecule has 0 N–H and O–H groups in total. The number of halogens is 3. The Kier molecular flexibility index (Phi) is 5.97. The molecule has 1 unspecified atom stereocenters. The Labute approximate surface area is 123 Å². The van der Waals surface area contributed by atoms with Crippen LogP contribution in [0.3, 0.4) is 0 Å². The van der Waals surface area contributed by atoms with Gasteiger partial charge in [0.05, 0.1) is 6.61 Å². The predicted octanol–water partition coefficient (Wildman–Crippen LogP) is 4.28. The summed E-state index contributed by atoms with van der Waals surface area (Å²) in [6.07, 6.45) is 0.541. The highest BCUT2D eigenvalue weighted by molar-refractivity contribution is 9.10. The van der Waals surface area contributed by atoms with Crippen molar-refractivity contribution in [1.29, 1.82) is 0 Å². The molecule has 0 amide bonds. The molecule has 94 valence electrons. The van der Waals surface area contributed by atoms with Crippen LogP contribution in [0.25, 0.3) is 0 Å². The summed E-state index contributed by atoms with van der Waals surface area (Å²) in [6, 6.07) is 3.82. The molecule has 0 fully saturated rings. The molecular weight excluding hydrogens is 371 g/mol. The number of alkyl halides is 1. The topological polar surface area (TPSA) is 26.3 Å². The molecule has 0 saturated heterocycles. The van der Waals surface area contributed by atoms with Gasteiger partial charge in [-0.05, 0) is 43.5 Å². The number of hydrogen-bond donors (Lipinski definition) is 0. The number of rotatable bonds is 4. The smallest absolute Gasteiger partial charge is 0.320 e. The van der Waals surface area contributed by atoms with Crippen molar-refractivity contribution in [3.8, 4) is 0 Å². The maximum absolute atomic E-state index is 11.5. The van der Waals surface area contributed by atoms with Crippen molar-refractivity contribution in [3.05, 3.63) is 32.8 Å². The first-order valence-corrected chi connectivity index (χ1v) is 7.29. The summed E-state index contributed by atoms with van der Waals surface area (Å²) in [5.74, 6) is -0.254. The Bertz CT molecular complexity index is 421. The average Bonchev–Trinajstić information content (AvgIpc) is 2.26. The van der Waals surface area contributed by atoms with Gasteiger partial charge in [0, 0.05) is 9.50 Å². The Morgan fingerprint density at radius 3 is 2.76 bits per heavy atom. The molecule has 0 aromatic heterocycles. The second-order valence-electron chi connectivity index (χ2n) is 3.62. The normalized spacial score (nSPS) is 12.3. The van der Waals surface area contributed by atoms with Gasteiger partial charge in [0.1, 0.15) is 4.83 Å². The first-order valence-electron chi connectivity index (χ1n) is 5.21. The summed E-state index contributed by atoms with van der Waals surface area (Å²) in [6.45, 7) is 4.11. The summed E-state index contributed by atoms with van der Waals surface area (Å²) < 4.78 is 5.89. The van der Waals surface area contributed by atoms with Gasteiger partial charge in [0.2, 0.25) is 0 Å². The molecule has 0 spiro atoms. The van der Waals surface area contributed by atoms with E-state index in [1.165, 1.54) is 0 Å². The van der Waals surface area contributed by atoms with Crippen molar-refractivity contribution in [2.45, 2.75) is 25.1 Å². The van der Waals surface area contributed by atoms with Crippen molar-refractivity contribution in [1.82, 2.24) is 0 Å². The van der Waals surface area contributed by atoms with Gasteiger partial charge < -0.3 is 4.74 Å². The van der Waals surface area contributed by atoms with Crippen molar-refractivity contribution < 1.29 is 9.53 Å². The zero-order valence-electron chi connectivity index (χ0n) is 9.60. The minimum Gasteiger partial charge on any atom is -0.465 e. The van der Waals surface area contributed by atoms with Crippen LogP contribution in [0.4, 0.5) is 0 Å². The molecular formula is C12H13Br2ClO2. The quantitative estimate of drug-likeness (QED) is 0.572. The Hall–Kier alpha value is -0.0600. The number of aryl methyl sites for hydroxylation is 1. The van der Waals surface area contributed by atoms with E-state index in [9.17, 15) is 4.79 Å². The maximum Gasteiger partial charge on any atom is 0.320 e. The van der Waals surface area contributed by atoms with Gasteiger partial charge in [-0.2, -0.15) is 0 Å². The lowest BCUT2D eigenvalue weighted by Crippen LogP contribution is -2.19. The number of ether oxygens (including phenoxy) is 1. The van der Waals surface area contributed by atoms with Crippen molar-refractivity contribution in [3.63, 3.8) is 0 Å². The van der Waals surface area contributed by atoms with E-state index in [0.717, 1.165) is 15.6 Å². The van der Waals surface area contributed by atoms with E-state index in [0.29, 0.717) is 18.1 Å². The summed E-state index contributed by atoms with van der Waals surface area (Å²) in [7, 11) is 0. The monoisotopic (exact) mass is 382 g/mol. The number of carbonyl (C=O) groups excluding carboxylic acids is 1. The zero-order valence-corrected chi connectivity index (χ0v) is 13.5. The van der Waals surface area contributed by atoms with E-state index in [4.69, 9.17) is 16.3 Å². The van der Waals surface area contributed by atoms with E-state index in [-0.39, 0.29) is 10.8 Å². The van der Waals surface area contributed by atoms with Gasteiger partial charge in [-0.15, -0.1) is 0 Å². The molecule has 0 radical (unpaired) electrons. The van der Waals surface area contributed by atoms with E-state index >= 15 is 0 Å². The number of esters is 1. The van der Waals surface area contributed by atoms with Crippen LogP contribution in [0.5, 0.6) is 0 Å². The third-order valence-electron chi connectivity index (χ3n) is 2.27. The molecule has 0 aliphatic carbocycles. The van der Waals surface area contributed by atoms with E-state index < -0.39 is 0 Å². The summed E-state index contributed by atoms with van der Waals surface area (Å²) >= 11 is 12.8. The van der Waals surface area contributed by atoms with Crippen LogP contribution in [-0.2, 0) is 16.0 Å². The van der Waals surface area contributed by atoms with Crippen molar-refractivity contribution in [2.75, 3.05) is 6.61 Å². The van der Waals surface area contributed by atoms with Crippen LogP contribution in [0.15, 0.2) is 16.6 Å². The van der Waals surface area contributed by atoms with Crippen LogP contribution in [0.1, 0.15) is 18.1 Å². The summed E-state index contributed by atoms with van der Waals surface area (Å²) in [5.41, 5.74) is 1.99. The standard InChI is InChI=1S/C12H13Br2ClO2/c1-3-17-12(16)10(14)5-8-6-11(15)7(2)4-9(8)13/h4,6,10H,3,5H2,1-2H3. The molecule has 1 aromatic carbocycles.